The van der Waals surface area contributed by atoms with Gasteiger partial charge in [-0.3, -0.25) is 0 Å². The summed E-state index contributed by atoms with van der Waals surface area (Å²) in [6.07, 6.45) is 4.92. The van der Waals surface area contributed by atoms with Gasteiger partial charge >= 0.3 is 0 Å². The Hall–Kier alpha value is -1.77. The predicted octanol–water partition coefficient (Wildman–Crippen LogP) is 3.64. The number of rotatable bonds is 5. The van der Waals surface area contributed by atoms with Crippen molar-refractivity contribution in [3.8, 4) is 0 Å². The Balaban J connectivity index is 2.09. The molecule has 0 aliphatic rings. The summed E-state index contributed by atoms with van der Waals surface area (Å²) in [5.41, 5.74) is 2.74. The zero-order chi connectivity index (χ0) is 13.0. The van der Waals surface area contributed by atoms with E-state index in [0.717, 1.165) is 18.9 Å². The van der Waals surface area contributed by atoms with Crippen LogP contribution in [0.5, 0.6) is 0 Å². The minimum Gasteiger partial charge on any atom is -0.352 e. The quantitative estimate of drug-likeness (QED) is 0.869. The molecular formula is C15H21N3. The van der Waals surface area contributed by atoms with Gasteiger partial charge in [0.25, 0.3) is 0 Å². The molecule has 1 N–H and O–H groups in total. The number of benzene rings is 1. The number of imidazole rings is 1. The lowest BCUT2D eigenvalue weighted by atomic mass is 10.1. The van der Waals surface area contributed by atoms with Gasteiger partial charge in [-0.2, -0.15) is 0 Å². The van der Waals surface area contributed by atoms with Crippen molar-refractivity contribution in [2.24, 2.45) is 0 Å². The number of anilines is 1. The molecule has 0 saturated carbocycles. The molecule has 0 aliphatic heterocycles. The third-order valence-corrected chi connectivity index (χ3v) is 3.16. The van der Waals surface area contributed by atoms with Gasteiger partial charge in [0.1, 0.15) is 0 Å². The molecular weight excluding hydrogens is 222 g/mol. The first-order valence-corrected chi connectivity index (χ1v) is 6.55. The van der Waals surface area contributed by atoms with Crippen LogP contribution in [0.25, 0.3) is 0 Å². The molecule has 1 heterocycles. The van der Waals surface area contributed by atoms with E-state index in [1.54, 1.807) is 0 Å². The van der Waals surface area contributed by atoms with Gasteiger partial charge < -0.3 is 9.88 Å². The third kappa shape index (κ3) is 2.73. The van der Waals surface area contributed by atoms with Gasteiger partial charge in [0.05, 0.1) is 0 Å². The van der Waals surface area contributed by atoms with E-state index in [1.165, 1.54) is 11.1 Å². The Bertz CT molecular complexity index is 500. The van der Waals surface area contributed by atoms with Crippen LogP contribution in [0.3, 0.4) is 0 Å². The highest BCUT2D eigenvalue weighted by Gasteiger charge is 2.06. The van der Waals surface area contributed by atoms with Crippen molar-refractivity contribution in [3.05, 3.63) is 47.8 Å². The van der Waals surface area contributed by atoms with E-state index in [-0.39, 0.29) is 0 Å². The summed E-state index contributed by atoms with van der Waals surface area (Å²) < 4.78 is 2.15. The van der Waals surface area contributed by atoms with E-state index in [9.17, 15) is 0 Å². The summed E-state index contributed by atoms with van der Waals surface area (Å²) in [4.78, 5) is 4.36. The Labute approximate surface area is 109 Å². The van der Waals surface area contributed by atoms with Crippen LogP contribution in [-0.4, -0.2) is 9.55 Å². The van der Waals surface area contributed by atoms with E-state index in [0.29, 0.717) is 6.04 Å². The highest BCUT2D eigenvalue weighted by Crippen LogP contribution is 2.15. The van der Waals surface area contributed by atoms with E-state index >= 15 is 0 Å². The molecule has 0 radical (unpaired) electrons. The number of nitrogens with one attached hydrogen (secondary N) is 1. The van der Waals surface area contributed by atoms with Crippen LogP contribution in [0.4, 0.5) is 5.95 Å². The molecule has 18 heavy (non-hydrogen) atoms. The lowest BCUT2D eigenvalue weighted by Crippen LogP contribution is -2.09. The SMILES string of the molecule is CCc1ccccc1CNc1nccn1C(C)C. The summed E-state index contributed by atoms with van der Waals surface area (Å²) >= 11 is 0. The first-order valence-electron chi connectivity index (χ1n) is 6.55. The molecule has 1 aromatic carbocycles. The van der Waals surface area contributed by atoms with Crippen molar-refractivity contribution in [1.29, 1.82) is 0 Å². The molecule has 0 atom stereocenters. The molecule has 3 nitrogen and oxygen atoms in total. The summed E-state index contributed by atoms with van der Waals surface area (Å²) in [5.74, 6) is 0.941. The van der Waals surface area contributed by atoms with E-state index in [4.69, 9.17) is 0 Å². The monoisotopic (exact) mass is 243 g/mol. The number of aryl methyl sites for hydroxylation is 1. The smallest absolute Gasteiger partial charge is 0.203 e. The van der Waals surface area contributed by atoms with Crippen LogP contribution >= 0.6 is 0 Å². The Kier molecular flexibility index (Phi) is 4.03. The maximum atomic E-state index is 4.36. The lowest BCUT2D eigenvalue weighted by molar-refractivity contribution is 0.604. The average Bonchev–Trinajstić information content (AvgIpc) is 2.85. The van der Waals surface area contributed by atoms with Crippen molar-refractivity contribution >= 4 is 5.95 Å². The second-order valence-corrected chi connectivity index (χ2v) is 4.73. The molecule has 2 aromatic rings. The molecule has 1 aromatic heterocycles. The summed E-state index contributed by atoms with van der Waals surface area (Å²) in [5, 5.41) is 3.42. The number of aromatic nitrogens is 2. The summed E-state index contributed by atoms with van der Waals surface area (Å²) in [6, 6.07) is 8.97. The van der Waals surface area contributed by atoms with Crippen LogP contribution in [-0.2, 0) is 13.0 Å². The van der Waals surface area contributed by atoms with Crippen molar-refractivity contribution in [2.75, 3.05) is 5.32 Å². The van der Waals surface area contributed by atoms with Crippen molar-refractivity contribution in [1.82, 2.24) is 9.55 Å². The van der Waals surface area contributed by atoms with Crippen molar-refractivity contribution < 1.29 is 0 Å². The highest BCUT2D eigenvalue weighted by molar-refractivity contribution is 5.33. The molecule has 96 valence electrons. The standard InChI is InChI=1S/C15H21N3/c1-4-13-7-5-6-8-14(13)11-17-15-16-9-10-18(15)12(2)3/h5-10,12H,4,11H2,1-3H3,(H,16,17). The largest absolute Gasteiger partial charge is 0.352 e. The minimum atomic E-state index is 0.427. The van der Waals surface area contributed by atoms with E-state index in [1.807, 2.05) is 12.4 Å². The number of hydrogen-bond donors (Lipinski definition) is 1. The first-order chi connectivity index (χ1) is 8.72. The van der Waals surface area contributed by atoms with Crippen molar-refractivity contribution in [3.63, 3.8) is 0 Å². The molecule has 0 aliphatic carbocycles. The molecule has 0 unspecified atom stereocenters. The van der Waals surface area contributed by atoms with Crippen LogP contribution < -0.4 is 5.32 Å². The maximum Gasteiger partial charge on any atom is 0.203 e. The second-order valence-electron chi connectivity index (χ2n) is 4.73. The Morgan fingerprint density at radius 2 is 1.94 bits per heavy atom. The summed E-state index contributed by atoms with van der Waals surface area (Å²) in [6.45, 7) is 7.33. The van der Waals surface area contributed by atoms with Gasteiger partial charge in [-0.1, -0.05) is 31.2 Å². The van der Waals surface area contributed by atoms with E-state index in [2.05, 4.69) is 59.9 Å². The average molecular weight is 243 g/mol. The molecule has 0 spiro atoms. The normalized spacial score (nSPS) is 10.9. The maximum absolute atomic E-state index is 4.36. The predicted molar refractivity (Wildman–Crippen MR) is 75.8 cm³/mol. The fourth-order valence-corrected chi connectivity index (χ4v) is 2.12. The zero-order valence-electron chi connectivity index (χ0n) is 11.4. The third-order valence-electron chi connectivity index (χ3n) is 3.16. The van der Waals surface area contributed by atoms with Gasteiger partial charge in [-0.15, -0.1) is 0 Å². The van der Waals surface area contributed by atoms with Gasteiger partial charge in [-0.25, -0.2) is 4.98 Å². The van der Waals surface area contributed by atoms with Crippen LogP contribution in [0.1, 0.15) is 37.9 Å². The fourth-order valence-electron chi connectivity index (χ4n) is 2.12. The topological polar surface area (TPSA) is 29.9 Å². The molecule has 0 fully saturated rings. The van der Waals surface area contributed by atoms with Crippen LogP contribution in [0, 0.1) is 0 Å². The highest BCUT2D eigenvalue weighted by atomic mass is 15.2. The van der Waals surface area contributed by atoms with Crippen LogP contribution in [0.15, 0.2) is 36.7 Å². The zero-order valence-corrected chi connectivity index (χ0v) is 11.4. The second kappa shape index (κ2) is 5.71. The molecule has 3 heteroatoms. The van der Waals surface area contributed by atoms with E-state index < -0.39 is 0 Å². The van der Waals surface area contributed by atoms with Gasteiger partial charge in [0, 0.05) is 25.0 Å². The molecule has 0 bridgehead atoms. The molecule has 2 rings (SSSR count). The minimum absolute atomic E-state index is 0.427. The number of hydrogen-bond acceptors (Lipinski definition) is 2. The van der Waals surface area contributed by atoms with Gasteiger partial charge in [0.2, 0.25) is 5.95 Å². The first kappa shape index (κ1) is 12.7. The van der Waals surface area contributed by atoms with Gasteiger partial charge in [0.15, 0.2) is 0 Å². The number of nitrogens with zero attached hydrogens (tertiary/aromatic N) is 2. The van der Waals surface area contributed by atoms with Gasteiger partial charge in [-0.05, 0) is 31.4 Å². The lowest BCUT2D eigenvalue weighted by Gasteiger charge is -2.14. The van der Waals surface area contributed by atoms with Crippen molar-refractivity contribution in [2.45, 2.75) is 39.8 Å². The molecule has 0 amide bonds. The Morgan fingerprint density at radius 1 is 1.22 bits per heavy atom. The summed E-state index contributed by atoms with van der Waals surface area (Å²) in [7, 11) is 0. The Morgan fingerprint density at radius 3 is 2.61 bits per heavy atom. The fraction of sp³-hybridized carbons (Fsp3) is 0.400. The van der Waals surface area contributed by atoms with Crippen LogP contribution in [0.2, 0.25) is 0 Å². The molecule has 0 saturated heterocycles.